The van der Waals surface area contributed by atoms with Crippen LogP contribution >= 0.6 is 0 Å². The number of aryl methyl sites for hydroxylation is 3. The van der Waals surface area contributed by atoms with Crippen LogP contribution in [0.1, 0.15) is 58.3 Å². The summed E-state index contributed by atoms with van der Waals surface area (Å²) in [5.41, 5.74) is 5.26. The van der Waals surface area contributed by atoms with Crippen molar-refractivity contribution in [2.75, 3.05) is 0 Å². The van der Waals surface area contributed by atoms with E-state index in [-0.39, 0.29) is 29.9 Å². The lowest BCUT2D eigenvalue weighted by Crippen LogP contribution is -2.48. The van der Waals surface area contributed by atoms with Crippen LogP contribution in [0.5, 0.6) is 0 Å². The normalized spacial score (nSPS) is 23.1. The van der Waals surface area contributed by atoms with E-state index in [1.807, 2.05) is 48.2 Å². The number of hydrogen-bond donors (Lipinski definition) is 0. The van der Waals surface area contributed by atoms with Crippen molar-refractivity contribution >= 4 is 11.9 Å². The summed E-state index contributed by atoms with van der Waals surface area (Å²) in [6.45, 7) is 6.45. The molecule has 2 fully saturated rings. The molecule has 0 spiro atoms. The first-order valence-corrected chi connectivity index (χ1v) is 10.5. The van der Waals surface area contributed by atoms with E-state index in [0.717, 1.165) is 47.9 Å². The molecule has 2 bridgehead atoms. The van der Waals surface area contributed by atoms with E-state index in [4.69, 9.17) is 4.74 Å². The van der Waals surface area contributed by atoms with Crippen LogP contribution in [-0.2, 0) is 11.3 Å². The van der Waals surface area contributed by atoms with E-state index < -0.39 is 0 Å². The molecule has 0 saturated carbocycles. The first kappa shape index (κ1) is 19.7. The number of rotatable bonds is 4. The zero-order valence-corrected chi connectivity index (χ0v) is 17.5. The third-order valence-corrected chi connectivity index (χ3v) is 6.63. The maximum atomic E-state index is 13.3. The van der Waals surface area contributed by atoms with Gasteiger partial charge in [0.25, 0.3) is 0 Å². The number of piperidine rings is 1. The highest BCUT2D eigenvalue weighted by molar-refractivity contribution is 5.99. The molecule has 2 saturated heterocycles. The number of carbonyl (C=O) groups excluding carboxylic acids is 2. The van der Waals surface area contributed by atoms with Crippen molar-refractivity contribution in [3.8, 4) is 0 Å². The summed E-state index contributed by atoms with van der Waals surface area (Å²) in [4.78, 5) is 27.9. The van der Waals surface area contributed by atoms with E-state index in [9.17, 15) is 9.59 Å². The zero-order valence-electron chi connectivity index (χ0n) is 17.5. The van der Waals surface area contributed by atoms with Gasteiger partial charge in [0.1, 0.15) is 6.61 Å². The Hall–Kier alpha value is -2.62. The Bertz CT molecular complexity index is 907. The Labute approximate surface area is 172 Å². The Morgan fingerprint density at radius 2 is 1.55 bits per heavy atom. The lowest BCUT2D eigenvalue weighted by atomic mass is 9.83. The van der Waals surface area contributed by atoms with Gasteiger partial charge in [0, 0.05) is 23.6 Å². The molecule has 0 aliphatic carbocycles. The van der Waals surface area contributed by atoms with Crippen molar-refractivity contribution in [2.24, 2.45) is 5.92 Å². The molecule has 1 amide bonds. The molecule has 4 heteroatoms. The summed E-state index contributed by atoms with van der Waals surface area (Å²) >= 11 is 0. The number of hydrogen-bond acceptors (Lipinski definition) is 3. The van der Waals surface area contributed by atoms with Crippen LogP contribution in [0.25, 0.3) is 0 Å². The highest BCUT2D eigenvalue weighted by atomic mass is 16.6. The Kier molecular flexibility index (Phi) is 5.44. The third-order valence-electron chi connectivity index (χ3n) is 6.63. The molecule has 152 valence electrons. The lowest BCUT2D eigenvalue weighted by Gasteiger charge is -2.37. The second-order valence-corrected chi connectivity index (χ2v) is 8.62. The fraction of sp³-hybridized carbons (Fsp3) is 0.440. The fourth-order valence-corrected chi connectivity index (χ4v) is 4.93. The molecule has 29 heavy (non-hydrogen) atoms. The largest absolute Gasteiger partial charge is 0.445 e. The number of carbonyl (C=O) groups is 2. The molecule has 4 nitrogen and oxygen atoms in total. The molecule has 2 atom stereocenters. The zero-order chi connectivity index (χ0) is 20.5. The molecular formula is C25H29NO3. The Morgan fingerprint density at radius 3 is 2.21 bits per heavy atom. The van der Waals surface area contributed by atoms with Crippen molar-refractivity contribution in [3.63, 3.8) is 0 Å². The Balaban J connectivity index is 1.43. The van der Waals surface area contributed by atoms with Crippen molar-refractivity contribution < 1.29 is 14.3 Å². The molecule has 0 N–H and O–H groups in total. The molecule has 0 aromatic heterocycles. The molecule has 2 heterocycles. The van der Waals surface area contributed by atoms with Gasteiger partial charge in [-0.1, -0.05) is 36.4 Å². The van der Waals surface area contributed by atoms with Crippen LogP contribution in [-0.4, -0.2) is 28.9 Å². The quantitative estimate of drug-likeness (QED) is 0.658. The van der Waals surface area contributed by atoms with E-state index in [2.05, 4.69) is 19.9 Å². The van der Waals surface area contributed by atoms with Gasteiger partial charge in [0.05, 0.1) is 0 Å². The summed E-state index contributed by atoms with van der Waals surface area (Å²) in [6, 6.07) is 14.1. The molecule has 4 rings (SSSR count). The predicted molar refractivity (Wildman–Crippen MR) is 113 cm³/mol. The smallest absolute Gasteiger partial charge is 0.410 e. The molecule has 2 unspecified atom stereocenters. The first-order valence-electron chi connectivity index (χ1n) is 10.5. The summed E-state index contributed by atoms with van der Waals surface area (Å²) in [6.07, 6.45) is 3.15. The number of benzene rings is 2. The van der Waals surface area contributed by atoms with Crippen molar-refractivity contribution in [2.45, 2.75) is 65.1 Å². The van der Waals surface area contributed by atoms with Gasteiger partial charge in [-0.2, -0.15) is 0 Å². The summed E-state index contributed by atoms with van der Waals surface area (Å²) in [5, 5.41) is 0. The number of amides is 1. The SMILES string of the molecule is Cc1cc(C)c(C(=O)C2CC3CCC(C2)N3C(=O)OCc2ccccc2)cc1C. The summed E-state index contributed by atoms with van der Waals surface area (Å²) < 4.78 is 5.58. The molecule has 2 aliphatic heterocycles. The average molecular weight is 392 g/mol. The van der Waals surface area contributed by atoms with Crippen LogP contribution in [0.3, 0.4) is 0 Å². The average Bonchev–Trinajstić information content (AvgIpc) is 2.98. The minimum Gasteiger partial charge on any atom is -0.445 e. The van der Waals surface area contributed by atoms with Crippen molar-refractivity contribution in [3.05, 3.63) is 70.3 Å². The van der Waals surface area contributed by atoms with Crippen LogP contribution in [0.4, 0.5) is 4.79 Å². The minimum absolute atomic E-state index is 0.00789. The maximum absolute atomic E-state index is 13.3. The molecule has 2 aliphatic rings. The molecule has 2 aromatic rings. The van der Waals surface area contributed by atoms with Gasteiger partial charge in [0.2, 0.25) is 0 Å². The van der Waals surface area contributed by atoms with Gasteiger partial charge in [-0.05, 0) is 74.8 Å². The van der Waals surface area contributed by atoms with Gasteiger partial charge >= 0.3 is 6.09 Å². The standard InChI is InChI=1S/C25H29NO3/c1-16-11-18(3)23(12-17(16)2)24(27)20-13-21-9-10-22(14-20)26(21)25(28)29-15-19-7-5-4-6-8-19/h4-8,11-12,20-22H,9-10,13-15H2,1-3H3. The number of ether oxygens (including phenoxy) is 1. The van der Waals surface area contributed by atoms with Crippen LogP contribution in [0, 0.1) is 26.7 Å². The Morgan fingerprint density at radius 1 is 0.931 bits per heavy atom. The third kappa shape index (κ3) is 3.93. The van der Waals surface area contributed by atoms with E-state index >= 15 is 0 Å². The van der Waals surface area contributed by atoms with Gasteiger partial charge < -0.3 is 9.64 Å². The number of Topliss-reactive ketones (excluding diaryl/α,β-unsaturated/α-hetero) is 1. The number of ketones is 1. The van der Waals surface area contributed by atoms with Crippen LogP contribution in [0.15, 0.2) is 42.5 Å². The topological polar surface area (TPSA) is 46.6 Å². The van der Waals surface area contributed by atoms with Gasteiger partial charge in [0.15, 0.2) is 5.78 Å². The highest BCUT2D eigenvalue weighted by Crippen LogP contribution is 2.40. The van der Waals surface area contributed by atoms with Gasteiger partial charge in [-0.15, -0.1) is 0 Å². The van der Waals surface area contributed by atoms with Crippen LogP contribution < -0.4 is 0 Å². The molecule has 0 radical (unpaired) electrons. The van der Waals surface area contributed by atoms with Gasteiger partial charge in [-0.25, -0.2) is 4.79 Å². The minimum atomic E-state index is -0.241. The number of nitrogens with zero attached hydrogens (tertiary/aromatic N) is 1. The molecule has 2 aromatic carbocycles. The van der Waals surface area contributed by atoms with Crippen LogP contribution in [0.2, 0.25) is 0 Å². The lowest BCUT2D eigenvalue weighted by molar-refractivity contribution is 0.0485. The highest BCUT2D eigenvalue weighted by Gasteiger charge is 2.46. The predicted octanol–water partition coefficient (Wildman–Crippen LogP) is 5.37. The maximum Gasteiger partial charge on any atom is 0.410 e. The van der Waals surface area contributed by atoms with E-state index in [0.29, 0.717) is 6.61 Å². The summed E-state index contributed by atoms with van der Waals surface area (Å²) in [5.74, 6) is 0.228. The van der Waals surface area contributed by atoms with Gasteiger partial charge in [-0.3, -0.25) is 4.79 Å². The summed E-state index contributed by atoms with van der Waals surface area (Å²) in [7, 11) is 0. The molecular weight excluding hydrogens is 362 g/mol. The fourth-order valence-electron chi connectivity index (χ4n) is 4.93. The van der Waals surface area contributed by atoms with Crippen molar-refractivity contribution in [1.29, 1.82) is 0 Å². The monoisotopic (exact) mass is 391 g/mol. The van der Waals surface area contributed by atoms with E-state index in [1.54, 1.807) is 0 Å². The second-order valence-electron chi connectivity index (χ2n) is 8.62. The van der Waals surface area contributed by atoms with E-state index in [1.165, 1.54) is 5.56 Å². The first-order chi connectivity index (χ1) is 13.9. The van der Waals surface area contributed by atoms with Crippen molar-refractivity contribution in [1.82, 2.24) is 4.90 Å². The number of fused-ring (bicyclic) bond motifs is 2. The second kappa shape index (κ2) is 8.02.